The number of hydrogen-bond donors (Lipinski definition) is 1. The summed E-state index contributed by atoms with van der Waals surface area (Å²) in [5.74, 6) is -0.432. The maximum Gasteiger partial charge on any atom is 0.338 e. The summed E-state index contributed by atoms with van der Waals surface area (Å²) in [6, 6.07) is 8.71. The molecule has 1 aromatic carbocycles. The summed E-state index contributed by atoms with van der Waals surface area (Å²) in [6.07, 6.45) is -3.17. The lowest BCUT2D eigenvalue weighted by Crippen LogP contribution is -2.34. The molecule has 0 aliphatic carbocycles. The number of aliphatic hydroxyl groups is 1. The van der Waals surface area contributed by atoms with E-state index in [1.165, 1.54) is 7.11 Å². The molecule has 2 fully saturated rings. The molecule has 108 valence electrons. The van der Waals surface area contributed by atoms with Gasteiger partial charge in [-0.3, -0.25) is 0 Å². The molecule has 0 radical (unpaired) electrons. The number of esters is 1. The van der Waals surface area contributed by atoms with Crippen molar-refractivity contribution >= 4 is 5.97 Å². The minimum Gasteiger partial charge on any atom is -0.453 e. The first-order chi connectivity index (χ1) is 9.70. The Kier molecular flexibility index (Phi) is 3.71. The molecule has 20 heavy (non-hydrogen) atoms. The van der Waals surface area contributed by atoms with E-state index in [1.807, 2.05) is 6.07 Å². The molecule has 1 aromatic rings. The van der Waals surface area contributed by atoms with Crippen molar-refractivity contribution in [2.24, 2.45) is 0 Å². The summed E-state index contributed by atoms with van der Waals surface area (Å²) in [5.41, 5.74) is 0.470. The Morgan fingerprint density at radius 2 is 2.05 bits per heavy atom. The van der Waals surface area contributed by atoms with Gasteiger partial charge in [-0.05, 0) is 12.1 Å². The lowest BCUT2D eigenvalue weighted by atomic mass is 10.1. The van der Waals surface area contributed by atoms with E-state index in [1.54, 1.807) is 24.3 Å². The van der Waals surface area contributed by atoms with Crippen LogP contribution in [0.5, 0.6) is 0 Å². The SMILES string of the molecule is CO[C@@H]1O[C@@H]2[C@@H](OC[C@@H]2OC(=O)c2ccccc2)[C@@H]1O. The van der Waals surface area contributed by atoms with E-state index in [9.17, 15) is 9.90 Å². The average molecular weight is 280 g/mol. The van der Waals surface area contributed by atoms with Crippen molar-refractivity contribution in [3.8, 4) is 0 Å². The van der Waals surface area contributed by atoms with E-state index < -0.39 is 36.7 Å². The highest BCUT2D eigenvalue weighted by atomic mass is 16.7. The number of hydrogen-bond acceptors (Lipinski definition) is 6. The molecule has 0 saturated carbocycles. The van der Waals surface area contributed by atoms with E-state index >= 15 is 0 Å². The van der Waals surface area contributed by atoms with Crippen molar-refractivity contribution in [3.63, 3.8) is 0 Å². The largest absolute Gasteiger partial charge is 0.453 e. The first-order valence-corrected chi connectivity index (χ1v) is 6.44. The molecule has 2 heterocycles. The summed E-state index contributed by atoms with van der Waals surface area (Å²) in [6.45, 7) is 0.210. The number of carbonyl (C=O) groups is 1. The third-order valence-electron chi connectivity index (χ3n) is 3.55. The lowest BCUT2D eigenvalue weighted by Gasteiger charge is -2.18. The molecular weight excluding hydrogens is 264 g/mol. The predicted molar refractivity (Wildman–Crippen MR) is 67.1 cm³/mol. The highest BCUT2D eigenvalue weighted by molar-refractivity contribution is 5.89. The molecule has 5 atom stereocenters. The number of carbonyl (C=O) groups excluding carboxylic acids is 1. The smallest absolute Gasteiger partial charge is 0.338 e. The summed E-state index contributed by atoms with van der Waals surface area (Å²) in [7, 11) is 1.44. The molecule has 0 spiro atoms. The number of ether oxygens (including phenoxy) is 4. The molecule has 0 unspecified atom stereocenters. The first-order valence-electron chi connectivity index (χ1n) is 6.44. The average Bonchev–Trinajstić information content (AvgIpc) is 3.01. The zero-order valence-electron chi connectivity index (χ0n) is 11.0. The number of rotatable bonds is 3. The molecule has 2 saturated heterocycles. The maximum absolute atomic E-state index is 12.0. The standard InChI is InChI=1S/C14H16O6/c1-17-14-10(15)12-11(20-14)9(7-18-12)19-13(16)8-5-3-2-4-6-8/h2-6,9-12,14-15H,7H2,1H3/t9-,10-,11-,12-,14+/m0/s1. The van der Waals surface area contributed by atoms with Crippen molar-refractivity contribution in [2.75, 3.05) is 13.7 Å². The van der Waals surface area contributed by atoms with Gasteiger partial charge in [0.2, 0.25) is 0 Å². The fourth-order valence-corrected chi connectivity index (χ4v) is 2.53. The van der Waals surface area contributed by atoms with Gasteiger partial charge in [-0.1, -0.05) is 18.2 Å². The van der Waals surface area contributed by atoms with Crippen molar-refractivity contribution in [1.29, 1.82) is 0 Å². The van der Waals surface area contributed by atoms with Gasteiger partial charge in [-0.2, -0.15) is 0 Å². The molecule has 1 N–H and O–H groups in total. The maximum atomic E-state index is 12.0. The van der Waals surface area contributed by atoms with Gasteiger partial charge >= 0.3 is 5.97 Å². The quantitative estimate of drug-likeness (QED) is 0.805. The topological polar surface area (TPSA) is 74.2 Å². The molecule has 0 amide bonds. The van der Waals surface area contributed by atoms with Crippen LogP contribution in [0.1, 0.15) is 10.4 Å². The number of benzene rings is 1. The van der Waals surface area contributed by atoms with Gasteiger partial charge in [-0.15, -0.1) is 0 Å². The van der Waals surface area contributed by atoms with Gasteiger partial charge in [0, 0.05) is 7.11 Å². The van der Waals surface area contributed by atoms with Crippen LogP contribution in [0.15, 0.2) is 30.3 Å². The van der Waals surface area contributed by atoms with Crippen molar-refractivity contribution in [2.45, 2.75) is 30.7 Å². The van der Waals surface area contributed by atoms with Crippen LogP contribution in [0.3, 0.4) is 0 Å². The Morgan fingerprint density at radius 3 is 2.75 bits per heavy atom. The van der Waals surface area contributed by atoms with Crippen LogP contribution in [-0.4, -0.2) is 55.5 Å². The summed E-state index contributed by atoms with van der Waals surface area (Å²) in [4.78, 5) is 12.0. The Hall–Kier alpha value is -1.47. The molecule has 0 bridgehead atoms. The molecule has 3 rings (SSSR count). The van der Waals surface area contributed by atoms with Crippen molar-refractivity contribution in [3.05, 3.63) is 35.9 Å². The lowest BCUT2D eigenvalue weighted by molar-refractivity contribution is -0.167. The second-order valence-electron chi connectivity index (χ2n) is 4.80. The zero-order chi connectivity index (χ0) is 14.1. The summed E-state index contributed by atoms with van der Waals surface area (Å²) < 4.78 is 21.4. The number of methoxy groups -OCH3 is 1. The minimum atomic E-state index is -0.870. The molecule has 2 aliphatic rings. The normalized spacial score (nSPS) is 35.8. The third-order valence-corrected chi connectivity index (χ3v) is 3.55. The van der Waals surface area contributed by atoms with Gasteiger partial charge < -0.3 is 24.1 Å². The number of aliphatic hydroxyl groups excluding tert-OH is 1. The van der Waals surface area contributed by atoms with E-state index in [4.69, 9.17) is 18.9 Å². The van der Waals surface area contributed by atoms with Crippen LogP contribution in [0.2, 0.25) is 0 Å². The van der Waals surface area contributed by atoms with Crippen LogP contribution < -0.4 is 0 Å². The fourth-order valence-electron chi connectivity index (χ4n) is 2.53. The molecule has 2 aliphatic heterocycles. The van der Waals surface area contributed by atoms with Crippen LogP contribution >= 0.6 is 0 Å². The van der Waals surface area contributed by atoms with Crippen LogP contribution in [-0.2, 0) is 18.9 Å². The Morgan fingerprint density at radius 1 is 1.30 bits per heavy atom. The number of fused-ring (bicyclic) bond motifs is 1. The second kappa shape index (κ2) is 5.49. The van der Waals surface area contributed by atoms with E-state index in [-0.39, 0.29) is 6.61 Å². The predicted octanol–water partition coefficient (Wildman–Crippen LogP) is 0.343. The molecular formula is C14H16O6. The Bertz CT molecular complexity index is 476. The van der Waals surface area contributed by atoms with Crippen LogP contribution in [0, 0.1) is 0 Å². The second-order valence-corrected chi connectivity index (χ2v) is 4.80. The van der Waals surface area contributed by atoms with E-state index in [0.29, 0.717) is 5.56 Å². The summed E-state index contributed by atoms with van der Waals surface area (Å²) >= 11 is 0. The molecule has 0 aromatic heterocycles. The van der Waals surface area contributed by atoms with E-state index in [0.717, 1.165) is 0 Å². The molecule has 6 nitrogen and oxygen atoms in total. The highest BCUT2D eigenvalue weighted by Gasteiger charge is 2.53. The summed E-state index contributed by atoms with van der Waals surface area (Å²) in [5, 5.41) is 9.91. The Labute approximate surface area is 116 Å². The van der Waals surface area contributed by atoms with Crippen molar-refractivity contribution < 1.29 is 28.8 Å². The van der Waals surface area contributed by atoms with Gasteiger partial charge in [0.1, 0.15) is 18.3 Å². The fraction of sp³-hybridized carbons (Fsp3) is 0.500. The van der Waals surface area contributed by atoms with Gasteiger partial charge in [0.05, 0.1) is 12.2 Å². The third kappa shape index (κ3) is 2.31. The van der Waals surface area contributed by atoms with Gasteiger partial charge in [0.15, 0.2) is 12.4 Å². The van der Waals surface area contributed by atoms with Crippen LogP contribution in [0.4, 0.5) is 0 Å². The Balaban J connectivity index is 1.66. The minimum absolute atomic E-state index is 0.210. The first kappa shape index (κ1) is 13.5. The zero-order valence-corrected chi connectivity index (χ0v) is 11.0. The van der Waals surface area contributed by atoms with Crippen LogP contribution in [0.25, 0.3) is 0 Å². The molecule has 6 heteroatoms. The van der Waals surface area contributed by atoms with Crippen molar-refractivity contribution in [1.82, 2.24) is 0 Å². The van der Waals surface area contributed by atoms with Gasteiger partial charge in [0.25, 0.3) is 0 Å². The van der Waals surface area contributed by atoms with Gasteiger partial charge in [-0.25, -0.2) is 4.79 Å². The highest BCUT2D eigenvalue weighted by Crippen LogP contribution is 2.33. The van der Waals surface area contributed by atoms with E-state index in [2.05, 4.69) is 0 Å². The monoisotopic (exact) mass is 280 g/mol.